The van der Waals surface area contributed by atoms with Crippen molar-refractivity contribution in [3.8, 4) is 0 Å². The van der Waals surface area contributed by atoms with Crippen LogP contribution in [0.4, 0.5) is 4.39 Å². The van der Waals surface area contributed by atoms with Crippen LogP contribution in [-0.2, 0) is 5.41 Å². The van der Waals surface area contributed by atoms with Crippen molar-refractivity contribution in [3.63, 3.8) is 0 Å². The third-order valence-electron chi connectivity index (χ3n) is 5.33. The number of hydrogen-bond acceptors (Lipinski definition) is 2. The topological polar surface area (TPSA) is 39.7 Å². The molecule has 1 heterocycles. The molecule has 2 N–H and O–H groups in total. The molecule has 0 bridgehead atoms. The van der Waals surface area contributed by atoms with Crippen molar-refractivity contribution in [2.75, 3.05) is 39.3 Å². The maximum atomic E-state index is 14.1. The lowest BCUT2D eigenvalue weighted by molar-refractivity contribution is 0.334. The van der Waals surface area contributed by atoms with Crippen molar-refractivity contribution in [2.24, 2.45) is 4.99 Å². The third kappa shape index (κ3) is 5.81. The van der Waals surface area contributed by atoms with Gasteiger partial charge in [0.25, 0.3) is 0 Å². The van der Waals surface area contributed by atoms with E-state index in [1.54, 1.807) is 12.1 Å². The molecule has 1 aliphatic heterocycles. The van der Waals surface area contributed by atoms with Crippen molar-refractivity contribution < 1.29 is 4.39 Å². The Kier molecular flexibility index (Phi) is 8.60. The smallest absolute Gasteiger partial charge is 0.191 e. The van der Waals surface area contributed by atoms with Crippen LogP contribution in [0.2, 0.25) is 0 Å². The number of nitrogens with one attached hydrogen (secondary N) is 2. The number of benzene rings is 1. The van der Waals surface area contributed by atoms with Gasteiger partial charge in [0.2, 0.25) is 0 Å². The Bertz CT molecular complexity index is 583. The van der Waals surface area contributed by atoms with E-state index in [0.717, 1.165) is 50.4 Å². The van der Waals surface area contributed by atoms with Crippen LogP contribution in [0.1, 0.15) is 44.6 Å². The van der Waals surface area contributed by atoms with E-state index >= 15 is 0 Å². The van der Waals surface area contributed by atoms with Gasteiger partial charge in [-0.3, -0.25) is 4.99 Å². The Hall–Kier alpha value is -0.890. The van der Waals surface area contributed by atoms with Gasteiger partial charge in [-0.1, -0.05) is 18.2 Å². The molecule has 0 spiro atoms. The highest BCUT2D eigenvalue weighted by molar-refractivity contribution is 14.0. The summed E-state index contributed by atoms with van der Waals surface area (Å²) in [5.41, 5.74) is 0.729. The minimum atomic E-state index is -0.0984. The summed E-state index contributed by atoms with van der Waals surface area (Å²) in [6.45, 7) is 8.14. The number of guanidine groups is 1. The van der Waals surface area contributed by atoms with Gasteiger partial charge in [0.15, 0.2) is 5.96 Å². The van der Waals surface area contributed by atoms with E-state index in [2.05, 4.69) is 22.5 Å². The number of rotatable bonds is 8. The van der Waals surface area contributed by atoms with Gasteiger partial charge in [-0.25, -0.2) is 4.39 Å². The minimum absolute atomic E-state index is 0. The first kappa shape index (κ1) is 21.4. The summed E-state index contributed by atoms with van der Waals surface area (Å²) in [6.07, 6.45) is 5.85. The summed E-state index contributed by atoms with van der Waals surface area (Å²) in [7, 11) is 0. The normalized spacial score (nSPS) is 19.1. The molecule has 6 heteroatoms. The Morgan fingerprint density at radius 1 is 1.19 bits per heavy atom. The standard InChI is InChI=1S/C20H31FN4.HI/c1-2-22-19(23-12-7-15-25-13-5-6-14-25)24-16-20(10-11-20)17-8-3-4-9-18(17)21;/h3-4,8-9H,2,5-7,10-16H2,1H3,(H2,22,23,24);1H. The summed E-state index contributed by atoms with van der Waals surface area (Å²) in [5.74, 6) is 0.755. The van der Waals surface area contributed by atoms with Crippen LogP contribution < -0.4 is 10.6 Å². The lowest BCUT2D eigenvalue weighted by Crippen LogP contribution is -2.39. The van der Waals surface area contributed by atoms with Gasteiger partial charge < -0.3 is 15.5 Å². The van der Waals surface area contributed by atoms with Crippen LogP contribution in [0.25, 0.3) is 0 Å². The molecule has 1 aromatic rings. The van der Waals surface area contributed by atoms with Gasteiger partial charge in [-0.05, 0) is 70.3 Å². The minimum Gasteiger partial charge on any atom is -0.357 e. The molecule has 0 amide bonds. The largest absolute Gasteiger partial charge is 0.357 e. The number of halogens is 2. The highest BCUT2D eigenvalue weighted by Crippen LogP contribution is 2.49. The molecular formula is C20H32FIN4. The Balaban J connectivity index is 0.00000243. The zero-order chi connectivity index (χ0) is 17.5. The van der Waals surface area contributed by atoms with Gasteiger partial charge in [-0.15, -0.1) is 24.0 Å². The van der Waals surface area contributed by atoms with Crippen molar-refractivity contribution in [2.45, 2.75) is 44.4 Å². The lowest BCUT2D eigenvalue weighted by Gasteiger charge is -2.17. The van der Waals surface area contributed by atoms with Crippen molar-refractivity contribution in [3.05, 3.63) is 35.6 Å². The predicted molar refractivity (Wildman–Crippen MR) is 117 cm³/mol. The van der Waals surface area contributed by atoms with E-state index in [1.165, 1.54) is 25.9 Å². The fourth-order valence-corrected chi connectivity index (χ4v) is 3.64. The van der Waals surface area contributed by atoms with Crippen molar-refractivity contribution in [1.29, 1.82) is 0 Å². The van der Waals surface area contributed by atoms with E-state index < -0.39 is 0 Å². The summed E-state index contributed by atoms with van der Waals surface area (Å²) >= 11 is 0. The molecule has 1 saturated carbocycles. The number of nitrogens with zero attached hydrogens (tertiary/aromatic N) is 2. The van der Waals surface area contributed by atoms with Crippen molar-refractivity contribution in [1.82, 2.24) is 15.5 Å². The Morgan fingerprint density at radius 3 is 2.58 bits per heavy atom. The fourth-order valence-electron chi connectivity index (χ4n) is 3.64. The average molecular weight is 474 g/mol. The fraction of sp³-hybridized carbons (Fsp3) is 0.650. The molecule has 0 unspecified atom stereocenters. The summed E-state index contributed by atoms with van der Waals surface area (Å²) < 4.78 is 14.1. The maximum Gasteiger partial charge on any atom is 0.191 e. The van der Waals surface area contributed by atoms with E-state index in [0.29, 0.717) is 6.54 Å². The molecule has 1 aromatic carbocycles. The van der Waals surface area contributed by atoms with Gasteiger partial charge >= 0.3 is 0 Å². The molecular weight excluding hydrogens is 442 g/mol. The summed E-state index contributed by atoms with van der Waals surface area (Å²) in [6, 6.07) is 7.14. The maximum absolute atomic E-state index is 14.1. The van der Waals surface area contributed by atoms with Crippen LogP contribution in [0.15, 0.2) is 29.3 Å². The first-order valence-electron chi connectivity index (χ1n) is 9.73. The monoisotopic (exact) mass is 474 g/mol. The molecule has 1 saturated heterocycles. The van der Waals surface area contributed by atoms with E-state index in [4.69, 9.17) is 4.99 Å². The van der Waals surface area contributed by atoms with E-state index in [9.17, 15) is 4.39 Å². The second kappa shape index (κ2) is 10.4. The van der Waals surface area contributed by atoms with Crippen LogP contribution in [-0.4, -0.2) is 50.1 Å². The number of hydrogen-bond donors (Lipinski definition) is 2. The number of likely N-dealkylation sites (tertiary alicyclic amines) is 1. The van der Waals surface area contributed by atoms with Gasteiger partial charge in [0.1, 0.15) is 5.82 Å². The SMILES string of the molecule is CCNC(=NCC1(c2ccccc2F)CC1)NCCCN1CCCC1.I. The first-order chi connectivity index (χ1) is 12.2. The van der Waals surface area contributed by atoms with Gasteiger partial charge in [-0.2, -0.15) is 0 Å². The third-order valence-corrected chi connectivity index (χ3v) is 5.33. The molecule has 3 rings (SSSR count). The zero-order valence-corrected chi connectivity index (χ0v) is 18.1. The van der Waals surface area contributed by atoms with Gasteiger partial charge in [0, 0.05) is 18.5 Å². The summed E-state index contributed by atoms with van der Waals surface area (Å²) in [5, 5.41) is 6.74. The Morgan fingerprint density at radius 2 is 1.92 bits per heavy atom. The zero-order valence-electron chi connectivity index (χ0n) is 15.8. The van der Waals surface area contributed by atoms with E-state index in [-0.39, 0.29) is 35.2 Å². The molecule has 0 radical (unpaired) electrons. The average Bonchev–Trinajstić information content (AvgIpc) is 3.22. The van der Waals surface area contributed by atoms with Crippen molar-refractivity contribution >= 4 is 29.9 Å². The first-order valence-corrected chi connectivity index (χ1v) is 9.73. The van der Waals surface area contributed by atoms with Crippen LogP contribution in [0.3, 0.4) is 0 Å². The molecule has 2 fully saturated rings. The second-order valence-electron chi connectivity index (χ2n) is 7.28. The molecule has 26 heavy (non-hydrogen) atoms. The predicted octanol–water partition coefficient (Wildman–Crippen LogP) is 3.52. The lowest BCUT2D eigenvalue weighted by atomic mass is 9.95. The molecule has 0 atom stereocenters. The van der Waals surface area contributed by atoms with Crippen LogP contribution >= 0.6 is 24.0 Å². The second-order valence-corrected chi connectivity index (χ2v) is 7.28. The molecule has 146 valence electrons. The highest BCUT2D eigenvalue weighted by Gasteiger charge is 2.45. The molecule has 1 aliphatic carbocycles. The van der Waals surface area contributed by atoms with Crippen LogP contribution in [0.5, 0.6) is 0 Å². The summed E-state index contributed by atoms with van der Waals surface area (Å²) in [4.78, 5) is 7.28. The molecule has 2 aliphatic rings. The quantitative estimate of drug-likeness (QED) is 0.262. The number of aliphatic imine (C=N–C) groups is 1. The molecule has 4 nitrogen and oxygen atoms in total. The highest BCUT2D eigenvalue weighted by atomic mass is 127. The van der Waals surface area contributed by atoms with Crippen LogP contribution in [0, 0.1) is 5.82 Å². The van der Waals surface area contributed by atoms with Gasteiger partial charge in [0.05, 0.1) is 6.54 Å². The van der Waals surface area contributed by atoms with E-state index in [1.807, 2.05) is 12.1 Å². The Labute approximate surface area is 174 Å². The molecule has 0 aromatic heterocycles.